The molecule has 0 saturated heterocycles. The Labute approximate surface area is 205 Å². The van der Waals surface area contributed by atoms with Crippen LogP contribution in [0.25, 0.3) is 11.4 Å². The molecule has 0 saturated carbocycles. The predicted octanol–water partition coefficient (Wildman–Crippen LogP) is 5.42. The molecule has 36 heavy (non-hydrogen) atoms. The summed E-state index contributed by atoms with van der Waals surface area (Å²) >= 11 is 0. The number of anilines is 2. The fraction of sp³-hybridized carbons (Fsp3) is 0.333. The van der Waals surface area contributed by atoms with Gasteiger partial charge in [0.2, 0.25) is 0 Å². The van der Waals surface area contributed by atoms with Crippen LogP contribution in [-0.2, 0) is 12.7 Å². The first-order chi connectivity index (χ1) is 16.9. The molecule has 0 radical (unpaired) electrons. The summed E-state index contributed by atoms with van der Waals surface area (Å²) in [5, 5.41) is 4.57. The van der Waals surface area contributed by atoms with E-state index in [9.17, 15) is 22.4 Å². The van der Waals surface area contributed by atoms with Gasteiger partial charge in [0.25, 0.3) is 0 Å². The lowest BCUT2D eigenvalue weighted by Gasteiger charge is -2.18. The summed E-state index contributed by atoms with van der Waals surface area (Å²) in [7, 11) is 3.14. The zero-order valence-electron chi connectivity index (χ0n) is 20.4. The van der Waals surface area contributed by atoms with E-state index in [2.05, 4.69) is 25.6 Å². The summed E-state index contributed by atoms with van der Waals surface area (Å²) in [6.45, 7) is 5.62. The fourth-order valence-corrected chi connectivity index (χ4v) is 3.39. The first-order valence-electron chi connectivity index (χ1n) is 10.9. The van der Waals surface area contributed by atoms with E-state index in [-0.39, 0.29) is 17.8 Å². The number of nitrogens with one attached hydrogen (secondary N) is 2. The van der Waals surface area contributed by atoms with E-state index in [0.717, 1.165) is 6.07 Å². The molecule has 2 heterocycles. The zero-order valence-corrected chi connectivity index (χ0v) is 20.4. The summed E-state index contributed by atoms with van der Waals surface area (Å²) in [6.07, 6.45) is -1.79. The molecule has 0 unspecified atom stereocenters. The van der Waals surface area contributed by atoms with Crippen molar-refractivity contribution in [1.82, 2.24) is 19.9 Å². The highest BCUT2D eigenvalue weighted by Crippen LogP contribution is 2.35. The molecule has 0 aliphatic rings. The van der Waals surface area contributed by atoms with Gasteiger partial charge in [-0.2, -0.15) is 13.2 Å². The van der Waals surface area contributed by atoms with Crippen LogP contribution >= 0.6 is 0 Å². The van der Waals surface area contributed by atoms with Crippen molar-refractivity contribution >= 4 is 17.4 Å². The number of aryl methyl sites for hydroxylation is 2. The van der Waals surface area contributed by atoms with Crippen molar-refractivity contribution in [3.8, 4) is 17.1 Å². The molecule has 2 N–H and O–H groups in total. The van der Waals surface area contributed by atoms with Crippen LogP contribution in [0.3, 0.4) is 0 Å². The first kappa shape index (κ1) is 26.8. The lowest BCUT2D eigenvalue weighted by atomic mass is 10.0. The number of alkyl halides is 3. The van der Waals surface area contributed by atoms with E-state index in [1.807, 2.05) is 13.8 Å². The van der Waals surface area contributed by atoms with Crippen molar-refractivity contribution in [3.63, 3.8) is 0 Å². The Balaban J connectivity index is 1.80. The monoisotopic (exact) mass is 506 g/mol. The van der Waals surface area contributed by atoms with Gasteiger partial charge in [-0.1, -0.05) is 0 Å². The number of rotatable bonds is 7. The maximum Gasteiger partial charge on any atom is 0.416 e. The third kappa shape index (κ3) is 6.45. The number of ether oxygens (including phenoxy) is 1. The number of amides is 2. The number of halogens is 4. The lowest BCUT2D eigenvalue weighted by Crippen LogP contribution is -2.23. The highest BCUT2D eigenvalue weighted by Gasteiger charge is 2.34. The maximum atomic E-state index is 14.5. The number of aromatic nitrogens is 3. The quantitative estimate of drug-likeness (QED) is 0.416. The normalized spacial score (nSPS) is 11.5. The molecule has 192 valence electrons. The van der Waals surface area contributed by atoms with Crippen molar-refractivity contribution in [3.05, 3.63) is 58.9 Å². The Hall–Kier alpha value is -3.80. The third-order valence-corrected chi connectivity index (χ3v) is 5.06. The molecule has 0 atom stereocenters. The van der Waals surface area contributed by atoms with Gasteiger partial charge in [0, 0.05) is 18.3 Å². The summed E-state index contributed by atoms with van der Waals surface area (Å²) in [5.74, 6) is -0.0609. The Morgan fingerprint density at radius 1 is 1.03 bits per heavy atom. The second-order valence-corrected chi connectivity index (χ2v) is 8.24. The van der Waals surface area contributed by atoms with Crippen LogP contribution in [0.15, 0.2) is 30.6 Å². The molecule has 1 aromatic carbocycles. The SMILES string of the molecule is CCOc1cc(-c2ncc(NC(=O)Nc3cc(C(F)(F)F)c(CN(C)C)cc3F)c(C)n2)cnc1C. The van der Waals surface area contributed by atoms with Crippen molar-refractivity contribution in [2.75, 3.05) is 31.3 Å². The molecule has 0 bridgehead atoms. The highest BCUT2D eigenvalue weighted by molar-refractivity contribution is 6.00. The minimum atomic E-state index is -4.72. The Bertz CT molecular complexity index is 1260. The van der Waals surface area contributed by atoms with Crippen LogP contribution < -0.4 is 15.4 Å². The van der Waals surface area contributed by atoms with Crippen molar-refractivity contribution in [2.45, 2.75) is 33.5 Å². The van der Waals surface area contributed by atoms with Gasteiger partial charge in [0.1, 0.15) is 11.6 Å². The average Bonchev–Trinajstić information content (AvgIpc) is 2.77. The topological polar surface area (TPSA) is 92.3 Å². The minimum absolute atomic E-state index is 0.121. The summed E-state index contributed by atoms with van der Waals surface area (Å²) < 4.78 is 60.6. The van der Waals surface area contributed by atoms with Gasteiger partial charge < -0.3 is 20.3 Å². The molecule has 0 fully saturated rings. The van der Waals surface area contributed by atoms with E-state index >= 15 is 0 Å². The van der Waals surface area contributed by atoms with Crippen molar-refractivity contribution in [2.24, 2.45) is 0 Å². The number of hydrogen-bond donors (Lipinski definition) is 2. The van der Waals surface area contributed by atoms with Crippen LogP contribution in [0.1, 0.15) is 29.4 Å². The molecule has 2 amide bonds. The van der Waals surface area contributed by atoms with Crippen LogP contribution in [0.4, 0.5) is 33.7 Å². The number of carbonyl (C=O) groups excluding carboxylic acids is 1. The van der Waals surface area contributed by atoms with Gasteiger partial charge in [0.05, 0.1) is 41.1 Å². The second kappa shape index (κ2) is 10.9. The Kier molecular flexibility index (Phi) is 8.08. The molecule has 0 aliphatic heterocycles. The van der Waals surface area contributed by atoms with Gasteiger partial charge >= 0.3 is 12.2 Å². The van der Waals surface area contributed by atoms with Gasteiger partial charge in [0.15, 0.2) is 5.82 Å². The standard InChI is InChI=1S/C24H26F4N6O2/c1-6-36-21-8-15(10-29-14(21)3)22-30-11-20(13(2)31-22)33-23(35)32-19-9-17(24(26,27)28)16(7-18(19)25)12-34(4)5/h7-11H,6,12H2,1-5H3,(H2,32,33,35). The van der Waals surface area contributed by atoms with E-state index in [1.165, 1.54) is 11.1 Å². The molecule has 3 aromatic rings. The second-order valence-electron chi connectivity index (χ2n) is 8.24. The lowest BCUT2D eigenvalue weighted by molar-refractivity contribution is -0.138. The number of urea groups is 1. The van der Waals surface area contributed by atoms with Crippen LogP contribution in [0.2, 0.25) is 0 Å². The summed E-state index contributed by atoms with van der Waals surface area (Å²) in [6, 6.07) is 2.16. The predicted molar refractivity (Wildman–Crippen MR) is 127 cm³/mol. The van der Waals surface area contributed by atoms with Crippen LogP contribution in [-0.4, -0.2) is 46.6 Å². The Morgan fingerprint density at radius 3 is 2.33 bits per heavy atom. The molecule has 0 spiro atoms. The van der Waals surface area contributed by atoms with E-state index in [0.29, 0.717) is 41.2 Å². The Morgan fingerprint density at radius 2 is 1.72 bits per heavy atom. The number of carbonyl (C=O) groups is 1. The van der Waals surface area contributed by atoms with E-state index in [4.69, 9.17) is 4.74 Å². The number of nitrogens with zero attached hydrogens (tertiary/aromatic N) is 4. The van der Waals surface area contributed by atoms with Gasteiger partial charge in [-0.3, -0.25) is 4.98 Å². The molecular formula is C24H26F4N6O2. The summed E-state index contributed by atoms with van der Waals surface area (Å²) in [5.41, 5.74) is 0.00893. The molecular weight excluding hydrogens is 480 g/mol. The number of pyridine rings is 1. The third-order valence-electron chi connectivity index (χ3n) is 5.06. The molecule has 12 heteroatoms. The summed E-state index contributed by atoms with van der Waals surface area (Å²) in [4.78, 5) is 26.8. The first-order valence-corrected chi connectivity index (χ1v) is 10.9. The van der Waals surface area contributed by atoms with Gasteiger partial charge in [-0.05, 0) is 58.6 Å². The molecule has 0 aliphatic carbocycles. The largest absolute Gasteiger partial charge is 0.492 e. The number of hydrogen-bond acceptors (Lipinski definition) is 6. The van der Waals surface area contributed by atoms with Gasteiger partial charge in [-0.25, -0.2) is 19.2 Å². The zero-order chi connectivity index (χ0) is 26.6. The highest BCUT2D eigenvalue weighted by atomic mass is 19.4. The van der Waals surface area contributed by atoms with Crippen molar-refractivity contribution < 1.29 is 27.1 Å². The van der Waals surface area contributed by atoms with Crippen LogP contribution in [0.5, 0.6) is 5.75 Å². The molecule has 2 aromatic heterocycles. The number of benzene rings is 1. The molecule has 3 rings (SSSR count). The van der Waals surface area contributed by atoms with Crippen molar-refractivity contribution in [1.29, 1.82) is 0 Å². The van der Waals surface area contributed by atoms with E-state index in [1.54, 1.807) is 33.3 Å². The average molecular weight is 507 g/mol. The van der Waals surface area contributed by atoms with Gasteiger partial charge in [-0.15, -0.1) is 0 Å². The van der Waals surface area contributed by atoms with E-state index < -0.39 is 29.3 Å². The smallest absolute Gasteiger partial charge is 0.416 e. The maximum absolute atomic E-state index is 14.5. The fourth-order valence-electron chi connectivity index (χ4n) is 3.39. The van der Waals surface area contributed by atoms with Crippen LogP contribution in [0, 0.1) is 19.7 Å². The molecule has 8 nitrogen and oxygen atoms in total. The minimum Gasteiger partial charge on any atom is -0.492 e.